The summed E-state index contributed by atoms with van der Waals surface area (Å²) >= 11 is 1.35. The zero-order valence-corrected chi connectivity index (χ0v) is 24.5. The molecule has 6 nitrogen and oxygen atoms in total. The number of carbonyl (C=O) groups excluding carboxylic acids is 1. The third-order valence-electron chi connectivity index (χ3n) is 5.25. The van der Waals surface area contributed by atoms with E-state index in [-0.39, 0.29) is 10.5 Å². The van der Waals surface area contributed by atoms with Crippen molar-refractivity contribution in [2.45, 2.75) is 120 Å². The first-order valence-corrected chi connectivity index (χ1v) is 14.3. The maximum Gasteiger partial charge on any atom is 0.194 e. The van der Waals surface area contributed by atoms with Crippen molar-refractivity contribution in [3.05, 3.63) is 0 Å². The fourth-order valence-electron chi connectivity index (χ4n) is 3.35. The molecule has 0 aliphatic rings. The lowest BCUT2D eigenvalue weighted by atomic mass is 9.92. The van der Waals surface area contributed by atoms with Crippen LogP contribution in [0.25, 0.3) is 0 Å². The minimum Gasteiger partial charge on any atom is -0.351 e. The summed E-state index contributed by atoms with van der Waals surface area (Å²) in [6.07, 6.45) is 0.394. The quantitative estimate of drug-likeness (QED) is 0.129. The predicted octanol–water partition coefficient (Wildman–Crippen LogP) is 6.54. The Morgan fingerprint density at radius 3 is 1.72 bits per heavy atom. The van der Waals surface area contributed by atoms with Gasteiger partial charge in [-0.25, -0.2) is 9.34 Å². The van der Waals surface area contributed by atoms with Crippen molar-refractivity contribution >= 4 is 25.3 Å². The summed E-state index contributed by atoms with van der Waals surface area (Å²) in [6, 6.07) is 1.43. The van der Waals surface area contributed by atoms with E-state index in [4.69, 9.17) is 14.0 Å². The second-order valence-corrected chi connectivity index (χ2v) is 12.6. The number of ether oxygens (including phenoxy) is 2. The Hall–Kier alpha value is 0.250. The van der Waals surface area contributed by atoms with Crippen LogP contribution in [0, 0.1) is 5.41 Å². The molecule has 0 aromatic carbocycles. The highest BCUT2D eigenvalue weighted by atomic mass is 32.2. The van der Waals surface area contributed by atoms with Gasteiger partial charge >= 0.3 is 0 Å². The first kappa shape index (κ1) is 32.2. The fraction of sp³-hybridized carbons (Fsp3) is 0.958. The third-order valence-corrected chi connectivity index (χ3v) is 9.45. The van der Waals surface area contributed by atoms with Crippen LogP contribution in [-0.2, 0) is 18.8 Å². The lowest BCUT2D eigenvalue weighted by molar-refractivity contribution is -0.152. The molecule has 0 aromatic rings. The molecule has 8 heteroatoms. The minimum absolute atomic E-state index is 0.213. The summed E-state index contributed by atoms with van der Waals surface area (Å²) in [5.41, 5.74) is -0.294. The molecule has 0 fully saturated rings. The molecule has 0 rings (SSSR count). The van der Waals surface area contributed by atoms with Crippen molar-refractivity contribution in [1.29, 1.82) is 0 Å². The van der Waals surface area contributed by atoms with Gasteiger partial charge in [0.05, 0.1) is 6.61 Å². The van der Waals surface area contributed by atoms with Crippen LogP contribution in [0.3, 0.4) is 0 Å². The van der Waals surface area contributed by atoms with Gasteiger partial charge in [0.2, 0.25) is 0 Å². The van der Waals surface area contributed by atoms with Crippen molar-refractivity contribution in [2.24, 2.45) is 5.41 Å². The molecule has 0 bridgehead atoms. The minimum atomic E-state index is -0.988. The summed E-state index contributed by atoms with van der Waals surface area (Å²) in [5, 5.41) is 0.213. The number of hydrogen-bond acceptors (Lipinski definition) is 7. The van der Waals surface area contributed by atoms with Crippen molar-refractivity contribution in [3.8, 4) is 0 Å². The molecule has 0 amide bonds. The average molecular weight is 495 g/mol. The largest absolute Gasteiger partial charge is 0.351 e. The Bertz CT molecular complexity index is 482. The van der Waals surface area contributed by atoms with Crippen LogP contribution in [0.5, 0.6) is 0 Å². The highest BCUT2D eigenvalue weighted by molar-refractivity contribution is 8.13. The van der Waals surface area contributed by atoms with E-state index in [1.165, 1.54) is 11.8 Å². The molecular weight excluding hydrogens is 443 g/mol. The van der Waals surface area contributed by atoms with Crippen LogP contribution in [0.4, 0.5) is 0 Å². The van der Waals surface area contributed by atoms with Crippen LogP contribution < -0.4 is 0 Å². The smallest absolute Gasteiger partial charge is 0.194 e. The van der Waals surface area contributed by atoms with Crippen molar-refractivity contribution in [3.63, 3.8) is 0 Å². The molecule has 1 atom stereocenters. The first-order chi connectivity index (χ1) is 14.8. The monoisotopic (exact) mass is 494 g/mol. The zero-order valence-electron chi connectivity index (χ0n) is 22.8. The van der Waals surface area contributed by atoms with Gasteiger partial charge in [-0.3, -0.25) is 4.79 Å². The lowest BCUT2D eigenvalue weighted by Gasteiger charge is -2.45. The maximum absolute atomic E-state index is 12.3. The Balaban J connectivity index is 5.18. The van der Waals surface area contributed by atoms with Gasteiger partial charge in [-0.1, -0.05) is 32.5 Å². The average Bonchev–Trinajstić information content (AvgIpc) is 2.67. The highest BCUT2D eigenvalue weighted by Crippen LogP contribution is 2.50. The predicted molar refractivity (Wildman–Crippen MR) is 140 cm³/mol. The molecule has 0 aromatic heterocycles. The van der Waals surface area contributed by atoms with Crippen molar-refractivity contribution in [1.82, 2.24) is 9.34 Å². The molecule has 0 saturated carbocycles. The van der Waals surface area contributed by atoms with Crippen LogP contribution in [0.15, 0.2) is 0 Å². The van der Waals surface area contributed by atoms with E-state index in [2.05, 4.69) is 64.7 Å². The second-order valence-electron chi connectivity index (χ2n) is 9.81. The molecule has 0 heterocycles. The zero-order chi connectivity index (χ0) is 25.1. The van der Waals surface area contributed by atoms with E-state index in [1.807, 2.05) is 27.7 Å². The van der Waals surface area contributed by atoms with Gasteiger partial charge in [-0.2, -0.15) is 0 Å². The van der Waals surface area contributed by atoms with Gasteiger partial charge in [0.1, 0.15) is 6.61 Å². The summed E-state index contributed by atoms with van der Waals surface area (Å²) in [7, 11) is -0.988. The number of hydrogen-bond donors (Lipinski definition) is 0. The van der Waals surface area contributed by atoms with E-state index >= 15 is 0 Å². The summed E-state index contributed by atoms with van der Waals surface area (Å²) in [6.45, 7) is 27.1. The number of thioether (sulfide) groups is 1. The molecular formula is C24H51N2O4PS. The third kappa shape index (κ3) is 11.1. The molecule has 0 saturated heterocycles. The first-order valence-electron chi connectivity index (χ1n) is 12.2. The normalized spacial score (nSPS) is 14.2. The van der Waals surface area contributed by atoms with E-state index < -0.39 is 14.7 Å². The van der Waals surface area contributed by atoms with Crippen LogP contribution in [-0.4, -0.2) is 70.5 Å². The standard InChI is InChI=1S/C24H51N2O4PS/c1-13-24(11,12)23(27)32-16-15-29-22(28-14-2)17-30-31(25(18(3)4)19(5)6)26(20(7)8)21(9)10/h18-22H,13-17H2,1-12H3. The van der Waals surface area contributed by atoms with Gasteiger partial charge in [-0.05, 0) is 68.7 Å². The number of carbonyl (C=O) groups is 1. The Morgan fingerprint density at radius 1 is 0.875 bits per heavy atom. The SMILES string of the molecule is CCOC(COP(N(C(C)C)C(C)C)N(C(C)C)C(C)C)OCCSC(=O)C(C)(C)CC. The molecule has 1 unspecified atom stereocenters. The molecule has 0 N–H and O–H groups in total. The van der Waals surface area contributed by atoms with Crippen LogP contribution >= 0.6 is 20.2 Å². The number of nitrogens with zero attached hydrogens (tertiary/aromatic N) is 2. The van der Waals surface area contributed by atoms with E-state index in [1.54, 1.807) is 0 Å². The summed E-state index contributed by atoms with van der Waals surface area (Å²) in [4.78, 5) is 12.3. The Labute approximate surface area is 204 Å². The molecule has 0 aliphatic carbocycles. The van der Waals surface area contributed by atoms with E-state index in [0.717, 1.165) is 6.42 Å². The van der Waals surface area contributed by atoms with E-state index in [0.29, 0.717) is 49.7 Å². The van der Waals surface area contributed by atoms with Crippen LogP contribution in [0.1, 0.15) is 89.5 Å². The summed E-state index contributed by atoms with van der Waals surface area (Å²) in [5.74, 6) is 0.620. The summed E-state index contributed by atoms with van der Waals surface area (Å²) < 4.78 is 23.3. The maximum atomic E-state index is 12.3. The molecule has 0 spiro atoms. The van der Waals surface area contributed by atoms with Gasteiger partial charge in [0.25, 0.3) is 0 Å². The van der Waals surface area contributed by atoms with Crippen molar-refractivity contribution in [2.75, 3.05) is 25.6 Å². The van der Waals surface area contributed by atoms with Gasteiger partial charge in [0, 0.05) is 41.9 Å². The number of rotatable bonds is 17. The molecule has 0 radical (unpaired) electrons. The lowest BCUT2D eigenvalue weighted by Crippen LogP contribution is -2.44. The van der Waals surface area contributed by atoms with Crippen molar-refractivity contribution < 1.29 is 18.8 Å². The fourth-order valence-corrected chi connectivity index (χ4v) is 6.59. The van der Waals surface area contributed by atoms with Gasteiger partial charge in [-0.15, -0.1) is 0 Å². The highest BCUT2D eigenvalue weighted by Gasteiger charge is 2.35. The second kappa shape index (κ2) is 16.0. The molecule has 32 heavy (non-hydrogen) atoms. The molecule has 192 valence electrons. The topological polar surface area (TPSA) is 51.2 Å². The molecule has 0 aliphatic heterocycles. The van der Waals surface area contributed by atoms with Gasteiger partial charge < -0.3 is 14.0 Å². The Kier molecular flexibility index (Phi) is 16.1. The van der Waals surface area contributed by atoms with Gasteiger partial charge in [0.15, 0.2) is 19.9 Å². The van der Waals surface area contributed by atoms with Crippen LogP contribution in [0.2, 0.25) is 0 Å². The Morgan fingerprint density at radius 2 is 1.34 bits per heavy atom. The van der Waals surface area contributed by atoms with E-state index in [9.17, 15) is 4.79 Å².